The predicted molar refractivity (Wildman–Crippen MR) is 48.4 cm³/mol. The maximum absolute atomic E-state index is 13.2. The topological polar surface area (TPSA) is 37.3 Å². The molecule has 0 heterocycles. The second-order valence-corrected chi connectivity index (χ2v) is 2.86. The standard InChI is InChI=1S/C9H5ClF2O2/c1-2-4-7(11)5(9(13)14)3-6(10)8(4)12/h2-3H,1H2,(H,13,14). The highest BCUT2D eigenvalue weighted by Gasteiger charge is 2.19. The van der Waals surface area contributed by atoms with Gasteiger partial charge in [0.25, 0.3) is 0 Å². The summed E-state index contributed by atoms with van der Waals surface area (Å²) < 4.78 is 26.3. The molecule has 0 aromatic heterocycles. The van der Waals surface area contributed by atoms with E-state index >= 15 is 0 Å². The Balaban J connectivity index is 3.58. The zero-order valence-corrected chi connectivity index (χ0v) is 7.61. The van der Waals surface area contributed by atoms with E-state index in [1.165, 1.54) is 0 Å². The van der Waals surface area contributed by atoms with Crippen LogP contribution in [0.1, 0.15) is 15.9 Å². The molecule has 0 radical (unpaired) electrons. The summed E-state index contributed by atoms with van der Waals surface area (Å²) in [5, 5.41) is 8.10. The van der Waals surface area contributed by atoms with Crippen LogP contribution in [0.2, 0.25) is 5.02 Å². The number of hydrogen-bond donors (Lipinski definition) is 1. The first-order chi connectivity index (χ1) is 6.49. The van der Waals surface area contributed by atoms with Crippen LogP contribution in [0.5, 0.6) is 0 Å². The van der Waals surface area contributed by atoms with Gasteiger partial charge >= 0.3 is 5.97 Å². The van der Waals surface area contributed by atoms with E-state index in [9.17, 15) is 13.6 Å². The largest absolute Gasteiger partial charge is 0.478 e. The number of benzene rings is 1. The lowest BCUT2D eigenvalue weighted by molar-refractivity contribution is 0.0691. The van der Waals surface area contributed by atoms with E-state index in [-0.39, 0.29) is 0 Å². The molecule has 0 bridgehead atoms. The van der Waals surface area contributed by atoms with Crippen LogP contribution in [0, 0.1) is 11.6 Å². The van der Waals surface area contributed by atoms with Crippen molar-refractivity contribution in [3.8, 4) is 0 Å². The number of carboxylic acids is 1. The van der Waals surface area contributed by atoms with Crippen LogP contribution in [0.4, 0.5) is 8.78 Å². The lowest BCUT2D eigenvalue weighted by atomic mass is 10.1. The fraction of sp³-hybridized carbons (Fsp3) is 0. The van der Waals surface area contributed by atoms with Gasteiger partial charge in [0, 0.05) is 5.56 Å². The predicted octanol–water partition coefficient (Wildman–Crippen LogP) is 2.96. The summed E-state index contributed by atoms with van der Waals surface area (Å²) in [6, 6.07) is 0.724. The molecule has 5 heteroatoms. The Hall–Kier alpha value is -1.42. The highest BCUT2D eigenvalue weighted by molar-refractivity contribution is 6.31. The van der Waals surface area contributed by atoms with E-state index in [0.717, 1.165) is 12.1 Å². The molecule has 0 saturated carbocycles. The van der Waals surface area contributed by atoms with Crippen molar-refractivity contribution in [1.82, 2.24) is 0 Å². The Morgan fingerprint density at radius 2 is 2.07 bits per heavy atom. The minimum atomic E-state index is -1.51. The summed E-state index contributed by atoms with van der Waals surface area (Å²) in [5.41, 5.74) is -1.21. The number of hydrogen-bond acceptors (Lipinski definition) is 1. The molecule has 1 aromatic rings. The zero-order chi connectivity index (χ0) is 10.9. The molecule has 0 spiro atoms. The quantitative estimate of drug-likeness (QED) is 0.775. The van der Waals surface area contributed by atoms with Crippen LogP contribution in [-0.4, -0.2) is 11.1 Å². The minimum Gasteiger partial charge on any atom is -0.478 e. The molecule has 0 unspecified atom stereocenters. The van der Waals surface area contributed by atoms with Gasteiger partial charge in [-0.3, -0.25) is 0 Å². The van der Waals surface area contributed by atoms with Gasteiger partial charge in [0.1, 0.15) is 5.82 Å². The first-order valence-electron chi connectivity index (χ1n) is 3.52. The summed E-state index contributed by atoms with van der Waals surface area (Å²) in [4.78, 5) is 10.5. The fourth-order valence-electron chi connectivity index (χ4n) is 0.958. The Morgan fingerprint density at radius 3 is 2.50 bits per heavy atom. The molecule has 0 aliphatic heterocycles. The number of carboxylic acid groups (broad SMARTS) is 1. The van der Waals surface area contributed by atoms with Gasteiger partial charge in [-0.05, 0) is 6.07 Å². The second-order valence-electron chi connectivity index (χ2n) is 2.46. The lowest BCUT2D eigenvalue weighted by Crippen LogP contribution is -2.04. The van der Waals surface area contributed by atoms with Crippen LogP contribution in [0.25, 0.3) is 6.08 Å². The molecule has 2 nitrogen and oxygen atoms in total. The molecular weight excluding hydrogens is 214 g/mol. The van der Waals surface area contributed by atoms with Crippen molar-refractivity contribution in [3.63, 3.8) is 0 Å². The molecule has 0 atom stereocenters. The van der Waals surface area contributed by atoms with Crippen LogP contribution >= 0.6 is 11.6 Å². The van der Waals surface area contributed by atoms with Crippen molar-refractivity contribution >= 4 is 23.6 Å². The molecule has 0 aliphatic carbocycles. The van der Waals surface area contributed by atoms with Crippen molar-refractivity contribution in [2.45, 2.75) is 0 Å². The molecule has 74 valence electrons. The monoisotopic (exact) mass is 218 g/mol. The molecule has 0 saturated heterocycles. The highest BCUT2D eigenvalue weighted by atomic mass is 35.5. The van der Waals surface area contributed by atoms with E-state index in [2.05, 4.69) is 6.58 Å². The fourth-order valence-corrected chi connectivity index (χ4v) is 1.17. The normalized spacial score (nSPS) is 9.93. The third-order valence-corrected chi connectivity index (χ3v) is 1.90. The van der Waals surface area contributed by atoms with Crippen LogP contribution in [0.3, 0.4) is 0 Å². The SMILES string of the molecule is C=Cc1c(F)c(Cl)cc(C(=O)O)c1F. The van der Waals surface area contributed by atoms with Crippen LogP contribution < -0.4 is 0 Å². The van der Waals surface area contributed by atoms with Gasteiger partial charge in [0.15, 0.2) is 5.82 Å². The maximum atomic E-state index is 13.2. The Labute approximate surface area is 83.4 Å². The van der Waals surface area contributed by atoms with Gasteiger partial charge < -0.3 is 5.11 Å². The van der Waals surface area contributed by atoms with E-state index < -0.39 is 33.8 Å². The second kappa shape index (κ2) is 3.75. The van der Waals surface area contributed by atoms with Crippen molar-refractivity contribution < 1.29 is 18.7 Å². The van der Waals surface area contributed by atoms with Gasteiger partial charge in [-0.15, -0.1) is 0 Å². The number of halogens is 3. The van der Waals surface area contributed by atoms with Crippen molar-refractivity contribution in [1.29, 1.82) is 0 Å². The van der Waals surface area contributed by atoms with E-state index in [1.54, 1.807) is 0 Å². The number of aromatic carboxylic acids is 1. The number of carbonyl (C=O) groups is 1. The summed E-state index contributed by atoms with van der Waals surface area (Å²) in [5.74, 6) is -3.69. The van der Waals surface area contributed by atoms with Gasteiger partial charge in [-0.1, -0.05) is 24.3 Å². The zero-order valence-electron chi connectivity index (χ0n) is 6.85. The Kier molecular flexibility index (Phi) is 2.86. The molecule has 0 fully saturated rings. The van der Waals surface area contributed by atoms with Gasteiger partial charge in [0.05, 0.1) is 10.6 Å². The molecular formula is C9H5ClF2O2. The van der Waals surface area contributed by atoms with Crippen molar-refractivity contribution in [2.24, 2.45) is 0 Å². The average molecular weight is 219 g/mol. The Bertz CT molecular complexity index is 416. The third kappa shape index (κ3) is 1.61. The first kappa shape index (κ1) is 10.7. The van der Waals surface area contributed by atoms with E-state index in [1.807, 2.05) is 0 Å². The summed E-state index contributed by atoms with van der Waals surface area (Å²) in [6.07, 6.45) is 0.878. The van der Waals surface area contributed by atoms with Gasteiger partial charge in [0.2, 0.25) is 0 Å². The molecule has 1 rings (SSSR count). The van der Waals surface area contributed by atoms with E-state index in [0.29, 0.717) is 0 Å². The molecule has 0 amide bonds. The number of rotatable bonds is 2. The molecule has 14 heavy (non-hydrogen) atoms. The summed E-state index contributed by atoms with van der Waals surface area (Å²) in [7, 11) is 0. The molecule has 0 aliphatic rings. The van der Waals surface area contributed by atoms with Crippen molar-refractivity contribution in [3.05, 3.63) is 40.4 Å². The lowest BCUT2D eigenvalue weighted by Gasteiger charge is -2.04. The van der Waals surface area contributed by atoms with Crippen LogP contribution in [0.15, 0.2) is 12.6 Å². The highest BCUT2D eigenvalue weighted by Crippen LogP contribution is 2.25. The third-order valence-electron chi connectivity index (χ3n) is 1.62. The summed E-state index contributed by atoms with van der Waals surface area (Å²) in [6.45, 7) is 3.16. The van der Waals surface area contributed by atoms with Gasteiger partial charge in [-0.2, -0.15) is 0 Å². The first-order valence-corrected chi connectivity index (χ1v) is 3.90. The smallest absolute Gasteiger partial charge is 0.338 e. The Morgan fingerprint density at radius 1 is 1.50 bits per heavy atom. The van der Waals surface area contributed by atoms with Crippen molar-refractivity contribution in [2.75, 3.05) is 0 Å². The van der Waals surface area contributed by atoms with Crippen LogP contribution in [-0.2, 0) is 0 Å². The average Bonchev–Trinajstić information content (AvgIpc) is 2.12. The maximum Gasteiger partial charge on any atom is 0.338 e. The summed E-state index contributed by atoms with van der Waals surface area (Å²) >= 11 is 5.36. The molecule has 1 N–H and O–H groups in total. The van der Waals surface area contributed by atoms with Gasteiger partial charge in [-0.25, -0.2) is 13.6 Å². The minimum absolute atomic E-state index is 0.446. The van der Waals surface area contributed by atoms with E-state index in [4.69, 9.17) is 16.7 Å². The molecule has 1 aromatic carbocycles.